The molecule has 2 heterocycles. The molecule has 9 heteroatoms. The molecule has 1 aromatic heterocycles. The normalized spacial score (nSPS) is 15.5. The van der Waals surface area contributed by atoms with Crippen LogP contribution in [0, 0.1) is 0 Å². The molecule has 0 spiro atoms. The Morgan fingerprint density at radius 2 is 2.21 bits per heavy atom. The second kappa shape index (κ2) is 10.4. The van der Waals surface area contributed by atoms with Crippen LogP contribution in [-0.2, 0) is 24.6 Å². The highest BCUT2D eigenvalue weighted by Gasteiger charge is 2.31. The first kappa shape index (κ1) is 23.9. The second-order valence-corrected chi connectivity index (χ2v) is 11.2. The molecule has 7 nitrogen and oxygen atoms in total. The number of rotatable bonds is 8. The van der Waals surface area contributed by atoms with E-state index < -0.39 is 11.0 Å². The van der Waals surface area contributed by atoms with Gasteiger partial charge in [0, 0.05) is 47.5 Å². The van der Waals surface area contributed by atoms with Gasteiger partial charge in [-0.2, -0.15) is 5.10 Å². The van der Waals surface area contributed by atoms with Gasteiger partial charge in [-0.05, 0) is 44.9 Å². The van der Waals surface area contributed by atoms with Gasteiger partial charge in [-0.25, -0.2) is 8.93 Å². The maximum atomic E-state index is 13.7. The van der Waals surface area contributed by atoms with E-state index in [1.54, 1.807) is 9.58 Å². The number of carbonyl (C=O) groups is 1. The molecule has 0 radical (unpaired) electrons. The van der Waals surface area contributed by atoms with Gasteiger partial charge in [-0.1, -0.05) is 39.7 Å². The van der Waals surface area contributed by atoms with Gasteiger partial charge in [0.2, 0.25) is 0 Å². The number of ether oxygens (including phenoxy) is 1. The first-order valence-corrected chi connectivity index (χ1v) is 13.1. The zero-order valence-electron chi connectivity index (χ0n) is 19.1. The van der Waals surface area contributed by atoms with Crippen molar-refractivity contribution in [1.29, 1.82) is 0 Å². The Labute approximate surface area is 205 Å². The summed E-state index contributed by atoms with van der Waals surface area (Å²) in [6.45, 7) is 5.51. The summed E-state index contributed by atoms with van der Waals surface area (Å²) in [5, 5.41) is 4.64. The third kappa shape index (κ3) is 5.31. The Bertz CT molecular complexity index is 1140. The lowest BCUT2D eigenvalue weighted by Gasteiger charge is -2.25. The van der Waals surface area contributed by atoms with E-state index in [0.29, 0.717) is 31.9 Å². The summed E-state index contributed by atoms with van der Waals surface area (Å²) in [7, 11) is 0.723. The number of amides is 1. The van der Waals surface area contributed by atoms with Gasteiger partial charge in [0.15, 0.2) is 5.69 Å². The van der Waals surface area contributed by atoms with Crippen molar-refractivity contribution in [2.45, 2.75) is 38.5 Å². The Kier molecular flexibility index (Phi) is 7.51. The minimum Gasteiger partial charge on any atom is -0.488 e. The minimum absolute atomic E-state index is 0.0136. The molecule has 0 bridgehead atoms. The molecule has 1 atom stereocenters. The van der Waals surface area contributed by atoms with E-state index in [2.05, 4.69) is 37.9 Å². The van der Waals surface area contributed by atoms with Gasteiger partial charge in [-0.3, -0.25) is 9.48 Å². The summed E-state index contributed by atoms with van der Waals surface area (Å²) in [4.78, 5) is 15.5. The van der Waals surface area contributed by atoms with Crippen LogP contribution in [0.25, 0.3) is 11.3 Å². The van der Waals surface area contributed by atoms with E-state index in [0.717, 1.165) is 39.9 Å². The highest BCUT2D eigenvalue weighted by atomic mass is 79.9. The molecule has 2 aromatic rings. The predicted octanol–water partition coefficient (Wildman–Crippen LogP) is 4.12. The Morgan fingerprint density at radius 3 is 2.94 bits per heavy atom. The van der Waals surface area contributed by atoms with Gasteiger partial charge in [0.05, 0.1) is 16.7 Å². The molecule has 4 rings (SSSR count). The highest BCUT2D eigenvalue weighted by Crippen LogP contribution is 2.40. The molecule has 0 saturated heterocycles. The number of nitrogens with zero attached hydrogens (tertiary/aromatic N) is 3. The zero-order valence-corrected chi connectivity index (χ0v) is 21.5. The standard InChI is InChI=1S/C24H29BrN4O3S/c1-16(2)33(31)26-11-12-29(14-17-7-5-4-6-8-17)24(30)22-20-15-32-21-10-9-18(25)13-19(21)23(20)28(3)27-22/h4-5,7,9-10,13,16,26H,6,8,11-12,14-15H2,1-3H3. The average molecular weight is 533 g/mol. The van der Waals surface area contributed by atoms with Gasteiger partial charge >= 0.3 is 0 Å². The Balaban J connectivity index is 1.62. The second-order valence-electron chi connectivity index (χ2n) is 8.49. The Morgan fingerprint density at radius 1 is 1.39 bits per heavy atom. The summed E-state index contributed by atoms with van der Waals surface area (Å²) >= 11 is 3.53. The highest BCUT2D eigenvalue weighted by molar-refractivity contribution is 9.10. The molecule has 176 valence electrons. The summed E-state index contributed by atoms with van der Waals surface area (Å²) in [6, 6.07) is 5.85. The molecule has 0 saturated carbocycles. The molecular weight excluding hydrogens is 504 g/mol. The summed E-state index contributed by atoms with van der Waals surface area (Å²) in [5.74, 6) is 0.644. The maximum absolute atomic E-state index is 13.7. The van der Waals surface area contributed by atoms with E-state index >= 15 is 0 Å². The van der Waals surface area contributed by atoms with Crippen LogP contribution in [0.2, 0.25) is 0 Å². The van der Waals surface area contributed by atoms with Crippen LogP contribution in [-0.4, -0.2) is 49.7 Å². The fourth-order valence-electron chi connectivity index (χ4n) is 4.06. The number of carbonyl (C=O) groups excluding carboxylic acids is 1. The van der Waals surface area contributed by atoms with Gasteiger partial charge in [-0.15, -0.1) is 0 Å². The van der Waals surface area contributed by atoms with Crippen molar-refractivity contribution in [3.8, 4) is 17.0 Å². The number of hydrogen-bond acceptors (Lipinski definition) is 4. The minimum atomic E-state index is -1.14. The lowest BCUT2D eigenvalue weighted by atomic mass is 10.0. The predicted molar refractivity (Wildman–Crippen MR) is 134 cm³/mol. The first-order chi connectivity index (χ1) is 15.8. The average Bonchev–Trinajstić information content (AvgIpc) is 3.15. The maximum Gasteiger partial charge on any atom is 0.275 e. The SMILES string of the molecule is CC(C)S(=O)NCCN(CC1=CC=CCC1)C(=O)c1nn(C)c2c1COc1ccc(Br)cc1-2. The first-order valence-electron chi connectivity index (χ1n) is 11.1. The van der Waals surface area contributed by atoms with Gasteiger partial charge < -0.3 is 9.64 Å². The number of hydrogen-bond donors (Lipinski definition) is 1. The summed E-state index contributed by atoms with van der Waals surface area (Å²) in [5.41, 5.74) is 4.23. The molecule has 1 N–H and O–H groups in total. The topological polar surface area (TPSA) is 76.5 Å². The fraction of sp³-hybridized carbons (Fsp3) is 0.417. The van der Waals surface area contributed by atoms with E-state index in [1.165, 1.54) is 5.57 Å². The van der Waals surface area contributed by atoms with Crippen molar-refractivity contribution >= 4 is 32.8 Å². The lowest BCUT2D eigenvalue weighted by Crippen LogP contribution is -2.40. The van der Waals surface area contributed by atoms with E-state index in [9.17, 15) is 9.00 Å². The molecule has 33 heavy (non-hydrogen) atoms. The van der Waals surface area contributed by atoms with Crippen LogP contribution < -0.4 is 9.46 Å². The third-order valence-electron chi connectivity index (χ3n) is 5.75. The van der Waals surface area contributed by atoms with Crippen LogP contribution in [0.15, 0.2) is 46.5 Å². The quantitative estimate of drug-likeness (QED) is 0.554. The Hall–Kier alpha value is -2.23. The van der Waals surface area contributed by atoms with Crippen LogP contribution >= 0.6 is 15.9 Å². The zero-order chi connectivity index (χ0) is 23.5. The number of aryl methyl sites for hydroxylation is 1. The van der Waals surface area contributed by atoms with E-state index in [-0.39, 0.29) is 11.2 Å². The van der Waals surface area contributed by atoms with E-state index in [1.807, 2.05) is 45.2 Å². The number of allylic oxidation sites excluding steroid dienone is 3. The summed E-state index contributed by atoms with van der Waals surface area (Å²) < 4.78 is 23.8. The van der Waals surface area contributed by atoms with Crippen LogP contribution in [0.1, 0.15) is 42.7 Å². The largest absolute Gasteiger partial charge is 0.488 e. The van der Waals surface area contributed by atoms with Crippen LogP contribution in [0.4, 0.5) is 0 Å². The molecule has 2 aliphatic rings. The van der Waals surface area contributed by atoms with Crippen molar-refractivity contribution in [3.05, 3.63) is 57.7 Å². The molecule has 1 aliphatic heterocycles. The van der Waals surface area contributed by atoms with Crippen molar-refractivity contribution in [1.82, 2.24) is 19.4 Å². The van der Waals surface area contributed by atoms with Crippen molar-refractivity contribution in [2.75, 3.05) is 19.6 Å². The smallest absolute Gasteiger partial charge is 0.275 e. The van der Waals surface area contributed by atoms with Crippen molar-refractivity contribution < 1.29 is 13.7 Å². The number of aromatic nitrogens is 2. The fourth-order valence-corrected chi connectivity index (χ4v) is 5.04. The third-order valence-corrected chi connectivity index (χ3v) is 7.59. The number of halogens is 1. The van der Waals surface area contributed by atoms with Crippen molar-refractivity contribution in [3.63, 3.8) is 0 Å². The number of benzene rings is 1. The molecular formula is C24H29BrN4O3S. The summed E-state index contributed by atoms with van der Waals surface area (Å²) in [6.07, 6.45) is 8.15. The van der Waals surface area contributed by atoms with Crippen LogP contribution in [0.5, 0.6) is 5.75 Å². The number of nitrogens with one attached hydrogen (secondary N) is 1. The number of fused-ring (bicyclic) bond motifs is 3. The molecule has 1 aromatic carbocycles. The molecule has 1 amide bonds. The van der Waals surface area contributed by atoms with Crippen LogP contribution in [0.3, 0.4) is 0 Å². The van der Waals surface area contributed by atoms with Crippen molar-refractivity contribution in [2.24, 2.45) is 7.05 Å². The molecule has 1 unspecified atom stereocenters. The molecule has 1 aliphatic carbocycles. The van der Waals surface area contributed by atoms with Gasteiger partial charge in [0.25, 0.3) is 5.91 Å². The lowest BCUT2D eigenvalue weighted by molar-refractivity contribution is 0.0762. The van der Waals surface area contributed by atoms with E-state index in [4.69, 9.17) is 4.74 Å². The molecule has 0 fully saturated rings. The monoisotopic (exact) mass is 532 g/mol. The van der Waals surface area contributed by atoms with Gasteiger partial charge in [0.1, 0.15) is 12.4 Å².